The summed E-state index contributed by atoms with van der Waals surface area (Å²) in [6, 6.07) is 2.92. The second kappa shape index (κ2) is 3.66. The van der Waals surface area contributed by atoms with Crippen molar-refractivity contribution in [1.82, 2.24) is 10.3 Å². The molecule has 0 unspecified atom stereocenters. The first-order chi connectivity index (χ1) is 6.16. The fourth-order valence-electron chi connectivity index (χ4n) is 0.894. The van der Waals surface area contributed by atoms with Gasteiger partial charge in [0.05, 0.1) is 5.56 Å². The summed E-state index contributed by atoms with van der Waals surface area (Å²) in [6.45, 7) is 0. The molecule has 1 amide bonds. The van der Waals surface area contributed by atoms with Crippen LogP contribution in [0.3, 0.4) is 0 Å². The van der Waals surface area contributed by atoms with Gasteiger partial charge in [-0.1, -0.05) is 0 Å². The van der Waals surface area contributed by atoms with Gasteiger partial charge in [0.25, 0.3) is 5.91 Å². The van der Waals surface area contributed by atoms with Crippen LogP contribution in [0.1, 0.15) is 20.8 Å². The lowest BCUT2D eigenvalue weighted by atomic mass is 10.2. The van der Waals surface area contributed by atoms with Crippen molar-refractivity contribution in [3.8, 4) is 0 Å². The molecule has 1 aromatic rings. The number of nitrogens with zero attached hydrogens (tertiary/aromatic N) is 1. The van der Waals surface area contributed by atoms with Gasteiger partial charge in [-0.05, 0) is 12.1 Å². The number of nitrogens with one attached hydrogen (secondary N) is 1. The molecule has 1 heterocycles. The molecule has 5 nitrogen and oxygen atoms in total. The third-order valence-electron chi connectivity index (χ3n) is 1.48. The van der Waals surface area contributed by atoms with Gasteiger partial charge in [0, 0.05) is 13.2 Å². The van der Waals surface area contributed by atoms with Crippen molar-refractivity contribution in [2.75, 3.05) is 7.05 Å². The van der Waals surface area contributed by atoms with E-state index < -0.39 is 11.9 Å². The van der Waals surface area contributed by atoms with Crippen molar-refractivity contribution in [1.29, 1.82) is 0 Å². The molecule has 0 saturated heterocycles. The lowest BCUT2D eigenvalue weighted by molar-refractivity contribution is 0.0684. The molecule has 0 fully saturated rings. The van der Waals surface area contributed by atoms with Gasteiger partial charge >= 0.3 is 5.97 Å². The van der Waals surface area contributed by atoms with Crippen LogP contribution >= 0.6 is 0 Å². The molecular weight excluding hydrogens is 172 g/mol. The first-order valence-electron chi connectivity index (χ1n) is 3.57. The molecule has 0 radical (unpaired) electrons. The van der Waals surface area contributed by atoms with Crippen LogP contribution in [0.5, 0.6) is 0 Å². The molecule has 0 aliphatic carbocycles. The van der Waals surface area contributed by atoms with Gasteiger partial charge < -0.3 is 10.4 Å². The zero-order valence-electron chi connectivity index (χ0n) is 6.94. The van der Waals surface area contributed by atoms with E-state index in [1.807, 2.05) is 0 Å². The lowest BCUT2D eigenvalue weighted by Crippen LogP contribution is -2.21. The molecule has 0 saturated carbocycles. The summed E-state index contributed by atoms with van der Waals surface area (Å²) in [4.78, 5) is 25.3. The van der Waals surface area contributed by atoms with Gasteiger partial charge in [-0.2, -0.15) is 0 Å². The average Bonchev–Trinajstić information content (AvgIpc) is 2.16. The fourth-order valence-corrected chi connectivity index (χ4v) is 0.894. The molecule has 2 N–H and O–H groups in total. The van der Waals surface area contributed by atoms with Gasteiger partial charge in [-0.3, -0.25) is 4.79 Å². The molecule has 0 aliphatic heterocycles. The molecule has 1 rings (SSSR count). The summed E-state index contributed by atoms with van der Waals surface area (Å²) in [6.07, 6.45) is 1.33. The SMILES string of the molecule is CNC(=O)c1cccnc1C(=O)O. The topological polar surface area (TPSA) is 79.3 Å². The number of carbonyl (C=O) groups is 2. The summed E-state index contributed by atoms with van der Waals surface area (Å²) >= 11 is 0. The lowest BCUT2D eigenvalue weighted by Gasteiger charge is -2.01. The van der Waals surface area contributed by atoms with E-state index in [2.05, 4.69) is 10.3 Å². The molecule has 1 aromatic heterocycles. The van der Waals surface area contributed by atoms with Crippen molar-refractivity contribution in [2.45, 2.75) is 0 Å². The van der Waals surface area contributed by atoms with Crippen LogP contribution < -0.4 is 5.32 Å². The summed E-state index contributed by atoms with van der Waals surface area (Å²) in [5, 5.41) is 11.0. The Morgan fingerprint density at radius 3 is 2.77 bits per heavy atom. The van der Waals surface area contributed by atoms with Crippen molar-refractivity contribution in [2.24, 2.45) is 0 Å². The Bertz CT molecular complexity index is 349. The van der Waals surface area contributed by atoms with Crippen molar-refractivity contribution in [3.63, 3.8) is 0 Å². The minimum absolute atomic E-state index is 0.0671. The van der Waals surface area contributed by atoms with Gasteiger partial charge in [0.2, 0.25) is 0 Å². The first-order valence-corrected chi connectivity index (χ1v) is 3.57. The highest BCUT2D eigenvalue weighted by molar-refractivity contribution is 6.03. The van der Waals surface area contributed by atoms with Crippen LogP contribution in [0, 0.1) is 0 Å². The van der Waals surface area contributed by atoms with Gasteiger partial charge in [-0.15, -0.1) is 0 Å². The van der Waals surface area contributed by atoms with Crippen LogP contribution in [-0.2, 0) is 0 Å². The van der Waals surface area contributed by atoms with E-state index in [0.717, 1.165) is 0 Å². The van der Waals surface area contributed by atoms with E-state index in [1.54, 1.807) is 0 Å². The minimum Gasteiger partial charge on any atom is -0.476 e. The monoisotopic (exact) mass is 180 g/mol. The molecule has 13 heavy (non-hydrogen) atoms. The molecule has 0 spiro atoms. The van der Waals surface area contributed by atoms with Crippen LogP contribution in [0.15, 0.2) is 18.3 Å². The molecule has 0 aliphatic rings. The normalized spacial score (nSPS) is 9.31. The number of carbonyl (C=O) groups excluding carboxylic acids is 1. The van der Waals surface area contributed by atoms with Gasteiger partial charge in [0.15, 0.2) is 5.69 Å². The summed E-state index contributed by atoms with van der Waals surface area (Å²) in [5.74, 6) is -1.66. The molecule has 0 atom stereocenters. The molecule has 5 heteroatoms. The van der Waals surface area contributed by atoms with Gasteiger partial charge in [-0.25, -0.2) is 9.78 Å². The molecule has 0 bridgehead atoms. The van der Waals surface area contributed by atoms with Crippen molar-refractivity contribution in [3.05, 3.63) is 29.6 Å². The Morgan fingerprint density at radius 2 is 2.23 bits per heavy atom. The summed E-state index contributed by atoms with van der Waals surface area (Å²) < 4.78 is 0. The number of carboxylic acid groups (broad SMARTS) is 1. The number of pyridine rings is 1. The maximum absolute atomic E-state index is 11.1. The van der Waals surface area contributed by atoms with Crippen molar-refractivity contribution >= 4 is 11.9 Å². The highest BCUT2D eigenvalue weighted by Gasteiger charge is 2.15. The van der Waals surface area contributed by atoms with E-state index in [0.29, 0.717) is 0 Å². The fraction of sp³-hybridized carbons (Fsp3) is 0.125. The second-order valence-electron chi connectivity index (χ2n) is 2.28. The van der Waals surface area contributed by atoms with Crippen LogP contribution in [0.25, 0.3) is 0 Å². The number of rotatable bonds is 2. The third-order valence-corrected chi connectivity index (χ3v) is 1.48. The maximum atomic E-state index is 11.1. The van der Waals surface area contributed by atoms with E-state index >= 15 is 0 Å². The largest absolute Gasteiger partial charge is 0.476 e. The minimum atomic E-state index is -1.21. The Morgan fingerprint density at radius 1 is 1.54 bits per heavy atom. The Hall–Kier alpha value is -1.91. The van der Waals surface area contributed by atoms with Crippen LogP contribution in [-0.4, -0.2) is 29.0 Å². The number of hydrogen-bond acceptors (Lipinski definition) is 3. The number of amides is 1. The van der Waals surface area contributed by atoms with Crippen LogP contribution in [0.2, 0.25) is 0 Å². The second-order valence-corrected chi connectivity index (χ2v) is 2.28. The highest BCUT2D eigenvalue weighted by atomic mass is 16.4. The molecular formula is C8H8N2O3. The Balaban J connectivity index is 3.19. The number of aromatic nitrogens is 1. The third kappa shape index (κ3) is 1.81. The van der Waals surface area contributed by atoms with E-state index in [-0.39, 0.29) is 11.3 Å². The predicted molar refractivity (Wildman–Crippen MR) is 44.6 cm³/mol. The smallest absolute Gasteiger partial charge is 0.355 e. The quantitative estimate of drug-likeness (QED) is 0.678. The maximum Gasteiger partial charge on any atom is 0.355 e. The Kier molecular flexibility index (Phi) is 2.59. The molecule has 68 valence electrons. The van der Waals surface area contributed by atoms with Crippen LogP contribution in [0.4, 0.5) is 0 Å². The number of hydrogen-bond donors (Lipinski definition) is 2. The Labute approximate surface area is 74.4 Å². The van der Waals surface area contributed by atoms with E-state index in [4.69, 9.17) is 5.11 Å². The first kappa shape index (κ1) is 9.18. The number of aromatic carboxylic acids is 1. The number of carboxylic acids is 1. The average molecular weight is 180 g/mol. The summed E-state index contributed by atoms with van der Waals surface area (Å²) in [7, 11) is 1.43. The zero-order chi connectivity index (χ0) is 9.84. The van der Waals surface area contributed by atoms with Crippen molar-refractivity contribution < 1.29 is 14.7 Å². The zero-order valence-corrected chi connectivity index (χ0v) is 6.94. The van der Waals surface area contributed by atoms with Gasteiger partial charge in [0.1, 0.15) is 0 Å². The molecule has 0 aromatic carbocycles. The van der Waals surface area contributed by atoms with E-state index in [9.17, 15) is 9.59 Å². The predicted octanol–water partition coefficient (Wildman–Crippen LogP) is 0.139. The highest BCUT2D eigenvalue weighted by Crippen LogP contribution is 2.04. The summed E-state index contributed by atoms with van der Waals surface area (Å²) in [5.41, 5.74) is -0.167. The standard InChI is InChI=1S/C8H8N2O3/c1-9-7(11)5-3-2-4-10-6(5)8(12)13/h2-4H,1H3,(H,9,11)(H,12,13). The van der Waals surface area contributed by atoms with E-state index in [1.165, 1.54) is 25.4 Å².